The molecule has 0 bridgehead atoms. The molecule has 2 aliphatic rings. The van der Waals surface area contributed by atoms with Gasteiger partial charge >= 0.3 is 5.97 Å². The number of nitrogens with zero attached hydrogens (tertiary/aromatic N) is 1. The molecule has 1 unspecified atom stereocenters. The van der Waals surface area contributed by atoms with Crippen LogP contribution in [-0.4, -0.2) is 47.1 Å². The molecule has 1 amide bonds. The second-order valence-electron chi connectivity index (χ2n) is 5.04. The van der Waals surface area contributed by atoms with Crippen molar-refractivity contribution in [2.75, 3.05) is 19.6 Å². The van der Waals surface area contributed by atoms with Crippen LogP contribution in [0.15, 0.2) is 0 Å². The lowest BCUT2D eigenvalue weighted by Crippen LogP contribution is -2.59. The molecule has 17 heavy (non-hydrogen) atoms. The van der Waals surface area contributed by atoms with E-state index in [1.165, 1.54) is 0 Å². The first-order valence-corrected chi connectivity index (χ1v) is 6.37. The summed E-state index contributed by atoms with van der Waals surface area (Å²) < 4.78 is 0. The molecule has 0 radical (unpaired) electrons. The number of nitrogens with one attached hydrogen (secondary N) is 1. The van der Waals surface area contributed by atoms with Crippen LogP contribution in [0, 0.1) is 5.92 Å². The molecule has 1 atom stereocenters. The number of amides is 1. The van der Waals surface area contributed by atoms with E-state index in [-0.39, 0.29) is 11.8 Å². The van der Waals surface area contributed by atoms with E-state index >= 15 is 0 Å². The van der Waals surface area contributed by atoms with Gasteiger partial charge in [-0.2, -0.15) is 0 Å². The zero-order chi connectivity index (χ0) is 12.5. The summed E-state index contributed by atoms with van der Waals surface area (Å²) in [6.45, 7) is 3.95. The van der Waals surface area contributed by atoms with Gasteiger partial charge in [0.25, 0.3) is 0 Å². The lowest BCUT2D eigenvalue weighted by atomic mass is 9.89. The van der Waals surface area contributed by atoms with Gasteiger partial charge in [0.05, 0.1) is 5.92 Å². The molecule has 2 N–H and O–H groups in total. The Labute approximate surface area is 101 Å². The molecular formula is C12H20N2O3. The van der Waals surface area contributed by atoms with Gasteiger partial charge in [-0.1, -0.05) is 13.3 Å². The highest BCUT2D eigenvalue weighted by atomic mass is 16.4. The molecule has 2 rings (SSSR count). The summed E-state index contributed by atoms with van der Waals surface area (Å²) in [6.07, 6.45) is 2.76. The Bertz CT molecular complexity index is 328. The molecule has 0 spiro atoms. The van der Waals surface area contributed by atoms with Gasteiger partial charge in [-0.3, -0.25) is 4.79 Å². The van der Waals surface area contributed by atoms with Gasteiger partial charge in [0.1, 0.15) is 5.54 Å². The largest absolute Gasteiger partial charge is 0.479 e. The number of carbonyl (C=O) groups excluding carboxylic acids is 1. The van der Waals surface area contributed by atoms with E-state index in [4.69, 9.17) is 0 Å². The normalized spacial score (nSPS) is 29.1. The minimum Gasteiger partial charge on any atom is -0.479 e. The van der Waals surface area contributed by atoms with Crippen molar-refractivity contribution < 1.29 is 14.7 Å². The molecule has 0 aliphatic carbocycles. The predicted octanol–water partition coefficient (Wildman–Crippen LogP) is 0.452. The highest BCUT2D eigenvalue weighted by Crippen LogP contribution is 2.35. The molecule has 5 nitrogen and oxygen atoms in total. The maximum atomic E-state index is 12.2. The topological polar surface area (TPSA) is 69.6 Å². The molecule has 2 saturated heterocycles. The number of hydrogen-bond donors (Lipinski definition) is 2. The summed E-state index contributed by atoms with van der Waals surface area (Å²) in [6, 6.07) is 0. The Hall–Kier alpha value is -1.10. The fourth-order valence-electron chi connectivity index (χ4n) is 2.89. The number of likely N-dealkylation sites (tertiary alicyclic amines) is 1. The molecule has 0 aromatic heterocycles. The number of aliphatic carboxylic acids is 1. The number of rotatable bonds is 4. The zero-order valence-corrected chi connectivity index (χ0v) is 10.2. The second kappa shape index (κ2) is 4.64. The van der Waals surface area contributed by atoms with Crippen LogP contribution in [-0.2, 0) is 9.59 Å². The average Bonchev–Trinajstić information content (AvgIpc) is 2.60. The van der Waals surface area contributed by atoms with Crippen molar-refractivity contribution in [1.29, 1.82) is 0 Å². The fourth-order valence-corrected chi connectivity index (χ4v) is 2.89. The number of carboxylic acid groups (broad SMARTS) is 1. The lowest BCUT2D eigenvalue weighted by Gasteiger charge is -2.39. The second-order valence-corrected chi connectivity index (χ2v) is 5.04. The van der Waals surface area contributed by atoms with Crippen molar-refractivity contribution in [3.8, 4) is 0 Å². The highest BCUT2D eigenvalue weighted by Gasteiger charge is 2.50. The molecule has 0 aromatic carbocycles. The maximum Gasteiger partial charge on any atom is 0.329 e. The van der Waals surface area contributed by atoms with Crippen molar-refractivity contribution in [1.82, 2.24) is 10.2 Å². The third kappa shape index (κ3) is 1.92. The van der Waals surface area contributed by atoms with Gasteiger partial charge < -0.3 is 15.3 Å². The van der Waals surface area contributed by atoms with Crippen molar-refractivity contribution in [2.45, 2.75) is 38.1 Å². The first kappa shape index (κ1) is 12.4. The van der Waals surface area contributed by atoms with E-state index in [2.05, 4.69) is 5.32 Å². The quantitative estimate of drug-likeness (QED) is 0.748. The van der Waals surface area contributed by atoms with E-state index in [1.807, 2.05) is 6.92 Å². The molecular weight excluding hydrogens is 220 g/mol. The van der Waals surface area contributed by atoms with Gasteiger partial charge in [0.15, 0.2) is 0 Å². The van der Waals surface area contributed by atoms with E-state index in [0.29, 0.717) is 32.5 Å². The van der Waals surface area contributed by atoms with Crippen LogP contribution in [0.2, 0.25) is 0 Å². The Morgan fingerprint density at radius 2 is 2.18 bits per heavy atom. The van der Waals surface area contributed by atoms with Crippen LogP contribution in [0.1, 0.15) is 32.6 Å². The van der Waals surface area contributed by atoms with Crippen molar-refractivity contribution >= 4 is 11.9 Å². The Kier molecular flexibility index (Phi) is 3.38. The van der Waals surface area contributed by atoms with Crippen LogP contribution < -0.4 is 5.32 Å². The van der Waals surface area contributed by atoms with Crippen LogP contribution in [0.3, 0.4) is 0 Å². The SMILES string of the molecule is CCCC1(C(=O)O)CCCN1C(=O)C1CNC1. The van der Waals surface area contributed by atoms with Crippen molar-refractivity contribution in [2.24, 2.45) is 5.92 Å². The Morgan fingerprint density at radius 3 is 2.65 bits per heavy atom. The fraction of sp³-hybridized carbons (Fsp3) is 0.833. The van der Waals surface area contributed by atoms with E-state index < -0.39 is 11.5 Å². The Morgan fingerprint density at radius 1 is 1.47 bits per heavy atom. The van der Waals surface area contributed by atoms with Crippen LogP contribution >= 0.6 is 0 Å². The molecule has 5 heteroatoms. The highest BCUT2D eigenvalue weighted by molar-refractivity contribution is 5.89. The first-order chi connectivity index (χ1) is 8.12. The van der Waals surface area contributed by atoms with Gasteiger partial charge in [0.2, 0.25) is 5.91 Å². The molecule has 2 fully saturated rings. The average molecular weight is 240 g/mol. The molecule has 0 saturated carbocycles. The minimum absolute atomic E-state index is 0.0105. The first-order valence-electron chi connectivity index (χ1n) is 6.37. The van der Waals surface area contributed by atoms with E-state index in [1.54, 1.807) is 4.90 Å². The van der Waals surface area contributed by atoms with E-state index in [0.717, 1.165) is 12.8 Å². The summed E-state index contributed by atoms with van der Waals surface area (Å²) >= 11 is 0. The predicted molar refractivity (Wildman–Crippen MR) is 62.6 cm³/mol. The number of carboxylic acids is 1. The lowest BCUT2D eigenvalue weighted by molar-refractivity contribution is -0.159. The third-order valence-electron chi connectivity index (χ3n) is 3.95. The smallest absolute Gasteiger partial charge is 0.329 e. The summed E-state index contributed by atoms with van der Waals surface area (Å²) in [5, 5.41) is 12.5. The summed E-state index contributed by atoms with van der Waals surface area (Å²) in [4.78, 5) is 25.4. The van der Waals surface area contributed by atoms with Gasteiger partial charge in [-0.15, -0.1) is 0 Å². The summed E-state index contributed by atoms with van der Waals surface area (Å²) in [5.74, 6) is -0.821. The summed E-state index contributed by atoms with van der Waals surface area (Å²) in [5.41, 5.74) is -0.929. The maximum absolute atomic E-state index is 12.2. The van der Waals surface area contributed by atoms with E-state index in [9.17, 15) is 14.7 Å². The van der Waals surface area contributed by atoms with Crippen molar-refractivity contribution in [3.63, 3.8) is 0 Å². The monoisotopic (exact) mass is 240 g/mol. The van der Waals surface area contributed by atoms with Crippen LogP contribution in [0.5, 0.6) is 0 Å². The van der Waals surface area contributed by atoms with Crippen molar-refractivity contribution in [3.05, 3.63) is 0 Å². The third-order valence-corrected chi connectivity index (χ3v) is 3.95. The van der Waals surface area contributed by atoms with Gasteiger partial charge in [0, 0.05) is 19.6 Å². The molecule has 2 aliphatic heterocycles. The van der Waals surface area contributed by atoms with Gasteiger partial charge in [-0.05, 0) is 19.3 Å². The molecule has 96 valence electrons. The summed E-state index contributed by atoms with van der Waals surface area (Å²) in [7, 11) is 0. The van der Waals surface area contributed by atoms with Crippen LogP contribution in [0.25, 0.3) is 0 Å². The number of hydrogen-bond acceptors (Lipinski definition) is 3. The van der Waals surface area contributed by atoms with Crippen LogP contribution in [0.4, 0.5) is 0 Å². The number of carbonyl (C=O) groups is 2. The minimum atomic E-state index is -0.929. The zero-order valence-electron chi connectivity index (χ0n) is 10.2. The standard InChI is InChI=1S/C12H20N2O3/c1-2-4-12(11(16)17)5-3-6-14(12)10(15)9-7-13-8-9/h9,13H,2-8H2,1H3,(H,16,17). The molecule has 2 heterocycles. The Balaban J connectivity index is 2.18. The molecule has 0 aromatic rings. The van der Waals surface area contributed by atoms with Gasteiger partial charge in [-0.25, -0.2) is 4.79 Å².